The molecule has 9 heteroatoms. The Labute approximate surface area is 189 Å². The van der Waals surface area contributed by atoms with Gasteiger partial charge >= 0.3 is 0 Å². The van der Waals surface area contributed by atoms with E-state index in [2.05, 4.69) is 37.9 Å². The first-order valence-electron chi connectivity index (χ1n) is 10.6. The van der Waals surface area contributed by atoms with Gasteiger partial charge in [-0.2, -0.15) is 0 Å². The molecular formula is C23H32N8O. The maximum atomic E-state index is 5.23. The van der Waals surface area contributed by atoms with Gasteiger partial charge in [-0.15, -0.1) is 10.2 Å². The highest BCUT2D eigenvalue weighted by Crippen LogP contribution is 2.11. The van der Waals surface area contributed by atoms with E-state index >= 15 is 0 Å². The van der Waals surface area contributed by atoms with Gasteiger partial charge in [0.25, 0.3) is 0 Å². The zero-order valence-corrected chi connectivity index (χ0v) is 19.5. The van der Waals surface area contributed by atoms with Gasteiger partial charge in [-0.05, 0) is 43.2 Å². The van der Waals surface area contributed by atoms with E-state index in [0.717, 1.165) is 41.9 Å². The molecule has 0 radical (unpaired) electrons. The van der Waals surface area contributed by atoms with Crippen molar-refractivity contribution in [3.05, 3.63) is 65.4 Å². The van der Waals surface area contributed by atoms with E-state index < -0.39 is 0 Å². The van der Waals surface area contributed by atoms with Crippen LogP contribution in [0.1, 0.15) is 22.9 Å². The maximum absolute atomic E-state index is 5.23. The molecule has 0 spiro atoms. The molecule has 0 aliphatic carbocycles. The van der Waals surface area contributed by atoms with E-state index in [-0.39, 0.29) is 0 Å². The van der Waals surface area contributed by atoms with Crippen molar-refractivity contribution in [2.45, 2.75) is 26.4 Å². The van der Waals surface area contributed by atoms with Crippen LogP contribution in [0.15, 0.2) is 47.5 Å². The third-order valence-corrected chi connectivity index (χ3v) is 5.11. The number of guanidine groups is 1. The molecule has 1 aromatic carbocycles. The predicted molar refractivity (Wildman–Crippen MR) is 127 cm³/mol. The summed E-state index contributed by atoms with van der Waals surface area (Å²) in [5.41, 5.74) is 2.13. The number of aromatic nitrogens is 4. The van der Waals surface area contributed by atoms with Gasteiger partial charge in [0.15, 0.2) is 11.8 Å². The summed E-state index contributed by atoms with van der Waals surface area (Å²) in [7, 11) is 7.58. The summed E-state index contributed by atoms with van der Waals surface area (Å²) in [5, 5.41) is 15.1. The van der Waals surface area contributed by atoms with Crippen molar-refractivity contribution in [3.8, 4) is 5.75 Å². The average Bonchev–Trinajstić information content (AvgIpc) is 3.13. The number of hydrogen-bond acceptors (Lipinski definition) is 6. The molecule has 0 atom stereocenters. The van der Waals surface area contributed by atoms with Crippen LogP contribution in [0, 0.1) is 6.92 Å². The van der Waals surface area contributed by atoms with Gasteiger partial charge in [-0.25, -0.2) is 9.98 Å². The number of nitrogens with one attached hydrogen (secondary N) is 2. The molecular weight excluding hydrogens is 404 g/mol. The summed E-state index contributed by atoms with van der Waals surface area (Å²) in [6.45, 7) is 3.66. The molecule has 3 aromatic rings. The van der Waals surface area contributed by atoms with E-state index in [1.54, 1.807) is 7.11 Å². The minimum atomic E-state index is 0.470. The lowest BCUT2D eigenvalue weighted by Gasteiger charge is -2.14. The summed E-state index contributed by atoms with van der Waals surface area (Å²) in [6, 6.07) is 14.1. The highest BCUT2D eigenvalue weighted by Gasteiger charge is 2.07. The molecule has 0 aliphatic heterocycles. The van der Waals surface area contributed by atoms with Crippen LogP contribution in [0.3, 0.4) is 0 Å². The smallest absolute Gasteiger partial charge is 0.192 e. The van der Waals surface area contributed by atoms with Gasteiger partial charge in [0, 0.05) is 27.7 Å². The van der Waals surface area contributed by atoms with Crippen molar-refractivity contribution >= 4 is 11.8 Å². The number of ether oxygens (including phenoxy) is 1. The molecule has 32 heavy (non-hydrogen) atoms. The fraction of sp³-hybridized carbons (Fsp3) is 0.391. The van der Waals surface area contributed by atoms with E-state index in [1.807, 2.05) is 67.9 Å². The van der Waals surface area contributed by atoms with Crippen molar-refractivity contribution in [3.63, 3.8) is 0 Å². The number of rotatable bonds is 9. The first-order valence-corrected chi connectivity index (χ1v) is 10.6. The Morgan fingerprint density at radius 1 is 1.09 bits per heavy atom. The van der Waals surface area contributed by atoms with Gasteiger partial charge in [0.1, 0.15) is 17.4 Å². The summed E-state index contributed by atoms with van der Waals surface area (Å²) < 4.78 is 7.19. The van der Waals surface area contributed by atoms with Gasteiger partial charge in [-0.1, -0.05) is 18.2 Å². The Hall–Kier alpha value is -3.62. The highest BCUT2D eigenvalue weighted by molar-refractivity contribution is 5.79. The largest absolute Gasteiger partial charge is 0.497 e. The molecule has 0 saturated carbocycles. The third kappa shape index (κ3) is 6.44. The van der Waals surface area contributed by atoms with Crippen LogP contribution in [-0.2, 0) is 26.6 Å². The molecule has 0 amide bonds. The Balaban J connectivity index is 1.65. The summed E-state index contributed by atoms with van der Waals surface area (Å²) in [6.07, 6.45) is 0.863. The molecule has 2 N–H and O–H groups in total. The summed E-state index contributed by atoms with van der Waals surface area (Å²) >= 11 is 0. The van der Waals surface area contributed by atoms with Crippen LogP contribution in [0.25, 0.3) is 0 Å². The fourth-order valence-electron chi connectivity index (χ4n) is 3.02. The van der Waals surface area contributed by atoms with Crippen LogP contribution in [-0.4, -0.2) is 53.5 Å². The first kappa shape index (κ1) is 23.1. The van der Waals surface area contributed by atoms with Gasteiger partial charge < -0.3 is 24.8 Å². The first-order chi connectivity index (χ1) is 15.5. The Bertz CT molecular complexity index is 1030. The molecule has 2 aromatic heterocycles. The number of anilines is 1. The zero-order valence-electron chi connectivity index (χ0n) is 19.5. The second-order valence-electron chi connectivity index (χ2n) is 7.65. The summed E-state index contributed by atoms with van der Waals surface area (Å²) in [5.74, 6) is 4.19. The molecule has 170 valence electrons. The normalized spacial score (nSPS) is 11.3. The Morgan fingerprint density at radius 2 is 1.88 bits per heavy atom. The quantitative estimate of drug-likeness (QED) is 0.392. The Kier molecular flexibility index (Phi) is 8.02. The van der Waals surface area contributed by atoms with Crippen molar-refractivity contribution in [1.29, 1.82) is 0 Å². The molecule has 2 heterocycles. The number of methoxy groups -OCH3 is 1. The van der Waals surface area contributed by atoms with E-state index in [0.29, 0.717) is 19.0 Å². The molecule has 9 nitrogen and oxygen atoms in total. The molecule has 3 rings (SSSR count). The predicted octanol–water partition coefficient (Wildman–Crippen LogP) is 2.07. The van der Waals surface area contributed by atoms with Crippen molar-refractivity contribution in [1.82, 2.24) is 30.4 Å². The lowest BCUT2D eigenvalue weighted by molar-refractivity contribution is 0.414. The lowest BCUT2D eigenvalue weighted by atomic mass is 10.1. The van der Waals surface area contributed by atoms with E-state index in [4.69, 9.17) is 9.73 Å². The third-order valence-electron chi connectivity index (χ3n) is 5.11. The van der Waals surface area contributed by atoms with Gasteiger partial charge in [0.2, 0.25) is 0 Å². The number of hydrogen-bond donors (Lipinski definition) is 2. The minimum Gasteiger partial charge on any atom is -0.497 e. The van der Waals surface area contributed by atoms with E-state index in [9.17, 15) is 0 Å². The minimum absolute atomic E-state index is 0.470. The monoisotopic (exact) mass is 436 g/mol. The highest BCUT2D eigenvalue weighted by atomic mass is 16.5. The van der Waals surface area contributed by atoms with Crippen LogP contribution < -0.4 is 20.3 Å². The fourth-order valence-corrected chi connectivity index (χ4v) is 3.02. The zero-order chi connectivity index (χ0) is 22.9. The van der Waals surface area contributed by atoms with E-state index in [1.165, 1.54) is 5.56 Å². The molecule has 0 unspecified atom stereocenters. The topological polar surface area (TPSA) is 92.5 Å². The number of aryl methyl sites for hydroxylation is 1. The summed E-state index contributed by atoms with van der Waals surface area (Å²) in [4.78, 5) is 11.4. The van der Waals surface area contributed by atoms with Crippen molar-refractivity contribution < 1.29 is 4.74 Å². The Morgan fingerprint density at radius 3 is 2.53 bits per heavy atom. The standard InChI is InChI=1S/C23H32N8O/c1-17-28-29-22(31(17)4)16-26-23(24-14-13-18-9-11-20(32-5)12-10-18)25-15-19-7-6-8-21(27-19)30(2)3/h6-12H,13-16H2,1-5H3,(H2,24,25,26). The van der Waals surface area contributed by atoms with Crippen molar-refractivity contribution in [2.75, 3.05) is 32.6 Å². The number of pyridine rings is 1. The number of aliphatic imine (C=N–C) groups is 1. The molecule has 0 bridgehead atoms. The molecule has 0 fully saturated rings. The van der Waals surface area contributed by atoms with Gasteiger partial charge in [-0.3, -0.25) is 0 Å². The lowest BCUT2D eigenvalue weighted by Crippen LogP contribution is -2.38. The SMILES string of the molecule is COc1ccc(CCNC(=NCc2cccc(N(C)C)n2)NCc2nnc(C)n2C)cc1. The maximum Gasteiger partial charge on any atom is 0.192 e. The molecule has 0 aliphatic rings. The molecule has 0 saturated heterocycles. The average molecular weight is 437 g/mol. The second kappa shape index (κ2) is 11.1. The number of benzene rings is 1. The number of nitrogens with zero attached hydrogens (tertiary/aromatic N) is 6. The van der Waals surface area contributed by atoms with Crippen LogP contribution >= 0.6 is 0 Å². The van der Waals surface area contributed by atoms with Crippen LogP contribution in [0.2, 0.25) is 0 Å². The van der Waals surface area contributed by atoms with Crippen LogP contribution in [0.5, 0.6) is 5.75 Å². The van der Waals surface area contributed by atoms with Crippen molar-refractivity contribution in [2.24, 2.45) is 12.0 Å². The second-order valence-corrected chi connectivity index (χ2v) is 7.65. The van der Waals surface area contributed by atoms with Crippen LogP contribution in [0.4, 0.5) is 5.82 Å². The van der Waals surface area contributed by atoms with Gasteiger partial charge in [0.05, 0.1) is 25.9 Å².